The Labute approximate surface area is 128 Å². The van der Waals surface area contributed by atoms with Gasteiger partial charge in [-0.05, 0) is 49.3 Å². The van der Waals surface area contributed by atoms with Crippen LogP contribution in [0, 0.1) is 5.92 Å². The first-order valence-corrected chi connectivity index (χ1v) is 8.24. The van der Waals surface area contributed by atoms with Gasteiger partial charge in [0.15, 0.2) is 0 Å². The van der Waals surface area contributed by atoms with Gasteiger partial charge in [0.1, 0.15) is 0 Å². The van der Waals surface area contributed by atoms with E-state index in [0.717, 1.165) is 31.6 Å². The van der Waals surface area contributed by atoms with Crippen molar-refractivity contribution in [1.82, 2.24) is 5.32 Å². The summed E-state index contributed by atoms with van der Waals surface area (Å²) in [7, 11) is 0. The molecule has 3 nitrogen and oxygen atoms in total. The van der Waals surface area contributed by atoms with Crippen molar-refractivity contribution in [3.63, 3.8) is 0 Å². The van der Waals surface area contributed by atoms with Gasteiger partial charge in [-0.25, -0.2) is 0 Å². The van der Waals surface area contributed by atoms with Crippen LogP contribution in [0.1, 0.15) is 50.3 Å². The molecule has 3 heteroatoms. The number of ether oxygens (including phenoxy) is 1. The van der Waals surface area contributed by atoms with E-state index in [0.29, 0.717) is 18.6 Å². The minimum Gasteiger partial charge on any atom is -0.387 e. The van der Waals surface area contributed by atoms with Crippen LogP contribution in [-0.2, 0) is 11.2 Å². The van der Waals surface area contributed by atoms with Gasteiger partial charge in [0, 0.05) is 13.2 Å². The van der Waals surface area contributed by atoms with E-state index in [1.165, 1.54) is 18.4 Å². The van der Waals surface area contributed by atoms with E-state index < -0.39 is 6.10 Å². The van der Waals surface area contributed by atoms with Crippen LogP contribution in [-0.4, -0.2) is 30.9 Å². The molecule has 1 heterocycles. The standard InChI is InChI=1S/C18H29NO2/c1-14(2)12-15-5-7-16(8-6-15)18(20)13-19-10-9-17-4-3-11-21-17/h5-8,14,17-20H,3-4,9-13H2,1-2H3. The van der Waals surface area contributed by atoms with E-state index >= 15 is 0 Å². The fourth-order valence-electron chi connectivity index (χ4n) is 2.84. The summed E-state index contributed by atoms with van der Waals surface area (Å²) in [5.74, 6) is 0.667. The van der Waals surface area contributed by atoms with E-state index in [-0.39, 0.29) is 0 Å². The largest absolute Gasteiger partial charge is 0.387 e. The van der Waals surface area contributed by atoms with Crippen LogP contribution in [0.2, 0.25) is 0 Å². The molecule has 1 aliphatic rings. The predicted octanol–water partition coefficient (Wildman–Crippen LogP) is 3.08. The van der Waals surface area contributed by atoms with Gasteiger partial charge in [0.2, 0.25) is 0 Å². The molecule has 0 aromatic heterocycles. The number of hydrogen-bond acceptors (Lipinski definition) is 3. The number of benzene rings is 1. The van der Waals surface area contributed by atoms with E-state index in [9.17, 15) is 5.11 Å². The topological polar surface area (TPSA) is 41.5 Å². The van der Waals surface area contributed by atoms with Crippen LogP contribution >= 0.6 is 0 Å². The highest BCUT2D eigenvalue weighted by molar-refractivity contribution is 5.24. The molecule has 2 rings (SSSR count). The van der Waals surface area contributed by atoms with Gasteiger partial charge in [-0.1, -0.05) is 38.1 Å². The molecule has 0 spiro atoms. The Balaban J connectivity index is 1.68. The number of rotatable bonds is 8. The molecule has 0 aliphatic carbocycles. The van der Waals surface area contributed by atoms with Crippen LogP contribution in [0.15, 0.2) is 24.3 Å². The molecule has 21 heavy (non-hydrogen) atoms. The van der Waals surface area contributed by atoms with Crippen molar-refractivity contribution in [2.45, 2.75) is 51.7 Å². The van der Waals surface area contributed by atoms with Crippen LogP contribution in [0.3, 0.4) is 0 Å². The van der Waals surface area contributed by atoms with Crippen molar-refractivity contribution < 1.29 is 9.84 Å². The first-order valence-electron chi connectivity index (χ1n) is 8.24. The maximum atomic E-state index is 10.2. The molecule has 2 unspecified atom stereocenters. The molecular weight excluding hydrogens is 262 g/mol. The van der Waals surface area contributed by atoms with Gasteiger partial charge < -0.3 is 15.2 Å². The summed E-state index contributed by atoms with van der Waals surface area (Å²) < 4.78 is 5.59. The fraction of sp³-hybridized carbons (Fsp3) is 0.667. The van der Waals surface area contributed by atoms with Crippen molar-refractivity contribution in [2.75, 3.05) is 19.7 Å². The normalized spacial score (nSPS) is 20.1. The molecule has 0 radical (unpaired) electrons. The zero-order valence-electron chi connectivity index (χ0n) is 13.3. The zero-order valence-corrected chi connectivity index (χ0v) is 13.3. The van der Waals surface area contributed by atoms with Gasteiger partial charge >= 0.3 is 0 Å². The molecule has 0 bridgehead atoms. The van der Waals surface area contributed by atoms with Gasteiger partial charge in [0.05, 0.1) is 12.2 Å². The van der Waals surface area contributed by atoms with Crippen molar-refractivity contribution >= 4 is 0 Å². The van der Waals surface area contributed by atoms with Crippen LogP contribution < -0.4 is 5.32 Å². The predicted molar refractivity (Wildman–Crippen MR) is 86.4 cm³/mol. The highest BCUT2D eigenvalue weighted by atomic mass is 16.5. The minimum atomic E-state index is -0.428. The molecule has 1 aliphatic heterocycles. The quantitative estimate of drug-likeness (QED) is 0.723. The van der Waals surface area contributed by atoms with Crippen LogP contribution in [0.5, 0.6) is 0 Å². The summed E-state index contributed by atoms with van der Waals surface area (Å²) in [4.78, 5) is 0. The Kier molecular flexibility index (Phi) is 6.68. The summed E-state index contributed by atoms with van der Waals surface area (Å²) in [6.07, 6.45) is 4.50. The molecule has 2 atom stereocenters. The van der Waals surface area contributed by atoms with Crippen molar-refractivity contribution in [3.8, 4) is 0 Å². The van der Waals surface area contributed by atoms with Gasteiger partial charge in [-0.3, -0.25) is 0 Å². The molecule has 1 fully saturated rings. The van der Waals surface area contributed by atoms with Crippen molar-refractivity contribution in [3.05, 3.63) is 35.4 Å². The Hall–Kier alpha value is -0.900. The maximum Gasteiger partial charge on any atom is 0.0914 e. The Bertz CT molecular complexity index is 396. The Morgan fingerprint density at radius 3 is 2.67 bits per heavy atom. The van der Waals surface area contributed by atoms with Crippen LogP contribution in [0.25, 0.3) is 0 Å². The molecule has 1 aromatic rings. The number of hydrogen-bond donors (Lipinski definition) is 2. The molecule has 0 saturated carbocycles. The third-order valence-electron chi connectivity index (χ3n) is 4.01. The monoisotopic (exact) mass is 291 g/mol. The van der Waals surface area contributed by atoms with Gasteiger partial charge in [-0.15, -0.1) is 0 Å². The first kappa shape index (κ1) is 16.5. The van der Waals surface area contributed by atoms with E-state index in [2.05, 4.69) is 31.3 Å². The number of nitrogens with one attached hydrogen (secondary N) is 1. The first-order chi connectivity index (χ1) is 10.1. The average Bonchev–Trinajstić information content (AvgIpc) is 2.97. The third-order valence-corrected chi connectivity index (χ3v) is 4.01. The second kappa shape index (κ2) is 8.52. The summed E-state index contributed by atoms with van der Waals surface area (Å²) in [6, 6.07) is 8.35. The molecule has 118 valence electrons. The third kappa shape index (κ3) is 5.77. The number of aliphatic hydroxyl groups excluding tert-OH is 1. The lowest BCUT2D eigenvalue weighted by molar-refractivity contribution is 0.102. The highest BCUT2D eigenvalue weighted by Gasteiger charge is 2.15. The fourth-order valence-corrected chi connectivity index (χ4v) is 2.84. The molecular formula is C18H29NO2. The van der Waals surface area contributed by atoms with Gasteiger partial charge in [-0.2, -0.15) is 0 Å². The summed E-state index contributed by atoms with van der Waals surface area (Å²) >= 11 is 0. The second-order valence-corrected chi connectivity index (χ2v) is 6.48. The zero-order chi connectivity index (χ0) is 15.1. The van der Waals surface area contributed by atoms with Gasteiger partial charge in [0.25, 0.3) is 0 Å². The average molecular weight is 291 g/mol. The summed E-state index contributed by atoms with van der Waals surface area (Å²) in [5.41, 5.74) is 2.33. The molecule has 2 N–H and O–H groups in total. The van der Waals surface area contributed by atoms with E-state index in [4.69, 9.17) is 4.74 Å². The van der Waals surface area contributed by atoms with Crippen LogP contribution in [0.4, 0.5) is 0 Å². The highest BCUT2D eigenvalue weighted by Crippen LogP contribution is 2.16. The van der Waals surface area contributed by atoms with E-state index in [1.54, 1.807) is 0 Å². The Morgan fingerprint density at radius 2 is 2.05 bits per heavy atom. The molecule has 1 saturated heterocycles. The lowest BCUT2D eigenvalue weighted by Gasteiger charge is -2.14. The minimum absolute atomic E-state index is 0.421. The maximum absolute atomic E-state index is 10.2. The Morgan fingerprint density at radius 1 is 1.29 bits per heavy atom. The molecule has 1 aromatic carbocycles. The number of aliphatic hydroxyl groups is 1. The summed E-state index contributed by atoms with van der Waals surface area (Å²) in [5, 5.41) is 13.5. The summed E-state index contributed by atoms with van der Waals surface area (Å²) in [6.45, 7) is 6.88. The molecule has 0 amide bonds. The lowest BCUT2D eigenvalue weighted by Crippen LogP contribution is -2.25. The SMILES string of the molecule is CC(C)Cc1ccc(C(O)CNCCC2CCCO2)cc1. The van der Waals surface area contributed by atoms with Crippen molar-refractivity contribution in [1.29, 1.82) is 0 Å². The van der Waals surface area contributed by atoms with Crippen molar-refractivity contribution in [2.24, 2.45) is 5.92 Å². The second-order valence-electron chi connectivity index (χ2n) is 6.48. The smallest absolute Gasteiger partial charge is 0.0914 e. The van der Waals surface area contributed by atoms with E-state index in [1.807, 2.05) is 12.1 Å². The lowest BCUT2D eigenvalue weighted by atomic mass is 10.0.